The highest BCUT2D eigenvalue weighted by Crippen LogP contribution is 2.31. The highest BCUT2D eigenvalue weighted by molar-refractivity contribution is 5.27. The van der Waals surface area contributed by atoms with Crippen molar-refractivity contribution in [2.75, 3.05) is 7.11 Å². The predicted molar refractivity (Wildman–Crippen MR) is 69.5 cm³/mol. The van der Waals surface area contributed by atoms with Crippen LogP contribution in [0.4, 0.5) is 8.78 Å². The Morgan fingerprint density at radius 2 is 1.74 bits per heavy atom. The lowest BCUT2D eigenvalue weighted by molar-refractivity contribution is 0.0791. The largest absolute Gasteiger partial charge is 0.375 e. The molecular weight excluding hydrogens is 248 g/mol. The average molecular weight is 263 g/mol. The summed E-state index contributed by atoms with van der Waals surface area (Å²) in [5, 5.41) is 0. The van der Waals surface area contributed by atoms with Crippen molar-refractivity contribution in [2.45, 2.75) is 12.1 Å². The van der Waals surface area contributed by atoms with E-state index >= 15 is 0 Å². The first-order chi connectivity index (χ1) is 9.13. The molecule has 2 aromatic rings. The molecule has 2 aromatic carbocycles. The Hall–Kier alpha value is -1.78. The van der Waals surface area contributed by atoms with E-state index in [1.54, 1.807) is 0 Å². The fraction of sp³-hybridized carbons (Fsp3) is 0.200. The number of nitrogens with two attached hydrogens (primary N) is 1. The number of ether oxygens (including phenoxy) is 1. The van der Waals surface area contributed by atoms with Crippen molar-refractivity contribution in [3.8, 4) is 0 Å². The third-order valence-corrected chi connectivity index (χ3v) is 3.03. The maximum Gasteiger partial charge on any atom is 0.130 e. The average Bonchev–Trinajstić information content (AvgIpc) is 2.40. The molecule has 2 atom stereocenters. The van der Waals surface area contributed by atoms with Crippen LogP contribution in [0.3, 0.4) is 0 Å². The molecule has 100 valence electrons. The second-order valence-corrected chi connectivity index (χ2v) is 4.26. The van der Waals surface area contributed by atoms with Crippen LogP contribution in [0, 0.1) is 11.6 Å². The Balaban J connectivity index is 2.33. The smallest absolute Gasteiger partial charge is 0.130 e. The third-order valence-electron chi connectivity index (χ3n) is 3.03. The van der Waals surface area contributed by atoms with Crippen molar-refractivity contribution in [2.24, 2.45) is 5.73 Å². The van der Waals surface area contributed by atoms with Crippen molar-refractivity contribution >= 4 is 0 Å². The minimum atomic E-state index is -0.701. The van der Waals surface area contributed by atoms with Gasteiger partial charge in [-0.15, -0.1) is 0 Å². The molecule has 0 heterocycles. The van der Waals surface area contributed by atoms with Crippen molar-refractivity contribution in [3.63, 3.8) is 0 Å². The van der Waals surface area contributed by atoms with Crippen molar-refractivity contribution in [1.29, 1.82) is 0 Å². The lowest BCUT2D eigenvalue weighted by Crippen LogP contribution is -2.22. The van der Waals surface area contributed by atoms with Crippen LogP contribution in [0.1, 0.15) is 23.3 Å². The zero-order valence-electron chi connectivity index (χ0n) is 10.5. The Bertz CT molecular complexity index is 545. The highest BCUT2D eigenvalue weighted by atomic mass is 19.1. The van der Waals surface area contributed by atoms with E-state index in [-0.39, 0.29) is 5.56 Å². The highest BCUT2D eigenvalue weighted by Gasteiger charge is 2.23. The number of rotatable bonds is 4. The summed E-state index contributed by atoms with van der Waals surface area (Å²) in [4.78, 5) is 0. The molecule has 0 amide bonds. The number of methoxy groups -OCH3 is 1. The lowest BCUT2D eigenvalue weighted by atomic mass is 9.96. The summed E-state index contributed by atoms with van der Waals surface area (Å²) >= 11 is 0. The van der Waals surface area contributed by atoms with Crippen molar-refractivity contribution in [3.05, 3.63) is 71.3 Å². The molecule has 19 heavy (non-hydrogen) atoms. The normalized spacial score (nSPS) is 14.1. The molecule has 0 spiro atoms. The van der Waals surface area contributed by atoms with Crippen LogP contribution >= 0.6 is 0 Å². The van der Waals surface area contributed by atoms with Crippen LogP contribution in [0.25, 0.3) is 0 Å². The van der Waals surface area contributed by atoms with Crippen LogP contribution in [-0.4, -0.2) is 7.11 Å². The number of hydrogen-bond acceptors (Lipinski definition) is 2. The Morgan fingerprint density at radius 1 is 1.05 bits per heavy atom. The van der Waals surface area contributed by atoms with Gasteiger partial charge in [0.1, 0.15) is 17.7 Å². The fourth-order valence-corrected chi connectivity index (χ4v) is 2.07. The van der Waals surface area contributed by atoms with E-state index in [0.717, 1.165) is 11.6 Å². The van der Waals surface area contributed by atoms with E-state index in [4.69, 9.17) is 10.5 Å². The van der Waals surface area contributed by atoms with Crippen LogP contribution < -0.4 is 5.73 Å². The molecule has 0 aliphatic heterocycles. The molecule has 4 heteroatoms. The minimum Gasteiger partial charge on any atom is -0.375 e. The van der Waals surface area contributed by atoms with Gasteiger partial charge < -0.3 is 10.5 Å². The summed E-state index contributed by atoms with van der Waals surface area (Å²) < 4.78 is 32.0. The van der Waals surface area contributed by atoms with Gasteiger partial charge in [-0.3, -0.25) is 0 Å². The fourth-order valence-electron chi connectivity index (χ4n) is 2.07. The Morgan fingerprint density at radius 3 is 2.32 bits per heavy atom. The quantitative estimate of drug-likeness (QED) is 0.918. The van der Waals surface area contributed by atoms with Gasteiger partial charge in [0.25, 0.3) is 0 Å². The first-order valence-corrected chi connectivity index (χ1v) is 5.91. The zero-order chi connectivity index (χ0) is 13.8. The first-order valence-electron chi connectivity index (χ1n) is 5.91. The van der Waals surface area contributed by atoms with E-state index in [1.165, 1.54) is 19.2 Å². The maximum absolute atomic E-state index is 13.7. The molecule has 2 unspecified atom stereocenters. The lowest BCUT2D eigenvalue weighted by Gasteiger charge is -2.23. The summed E-state index contributed by atoms with van der Waals surface area (Å²) in [6, 6.07) is 12.0. The minimum absolute atomic E-state index is 0.233. The molecule has 0 radical (unpaired) electrons. The number of benzene rings is 2. The Labute approximate surface area is 110 Å². The standard InChI is InChI=1S/C15H15F2NO/c1-19-15(10-5-3-2-4-6-10)14(18)12-8-7-11(16)9-13(12)17/h2-9,14-15H,18H2,1H3. The predicted octanol–water partition coefficient (Wildman–Crippen LogP) is 3.35. The van der Waals surface area contributed by atoms with Crippen molar-refractivity contribution in [1.82, 2.24) is 0 Å². The second kappa shape index (κ2) is 5.91. The van der Waals surface area contributed by atoms with E-state index in [0.29, 0.717) is 0 Å². The van der Waals surface area contributed by atoms with Gasteiger partial charge in [-0.25, -0.2) is 8.78 Å². The molecular formula is C15H15F2NO. The maximum atomic E-state index is 13.7. The Kier molecular flexibility index (Phi) is 4.24. The molecule has 0 aliphatic rings. The van der Waals surface area contributed by atoms with Gasteiger partial charge in [0.2, 0.25) is 0 Å². The molecule has 0 aromatic heterocycles. The molecule has 2 nitrogen and oxygen atoms in total. The van der Waals surface area contributed by atoms with Gasteiger partial charge >= 0.3 is 0 Å². The monoisotopic (exact) mass is 263 g/mol. The van der Waals surface area contributed by atoms with E-state index < -0.39 is 23.8 Å². The molecule has 0 bridgehead atoms. The SMILES string of the molecule is COC(c1ccccc1)C(N)c1ccc(F)cc1F. The van der Waals surface area contributed by atoms with Crippen LogP contribution in [0.5, 0.6) is 0 Å². The third kappa shape index (κ3) is 2.97. The molecule has 0 fully saturated rings. The van der Waals surface area contributed by atoms with Crippen LogP contribution in [0.15, 0.2) is 48.5 Å². The summed E-state index contributed by atoms with van der Waals surface area (Å²) in [5.74, 6) is -1.28. The summed E-state index contributed by atoms with van der Waals surface area (Å²) in [6.45, 7) is 0. The molecule has 2 N–H and O–H groups in total. The molecule has 0 aliphatic carbocycles. The van der Waals surface area contributed by atoms with Crippen molar-refractivity contribution < 1.29 is 13.5 Å². The second-order valence-electron chi connectivity index (χ2n) is 4.26. The summed E-state index contributed by atoms with van der Waals surface area (Å²) in [6.07, 6.45) is -0.485. The number of halogens is 2. The molecule has 2 rings (SSSR count). The van der Waals surface area contributed by atoms with Crippen LogP contribution in [-0.2, 0) is 4.74 Å². The van der Waals surface area contributed by atoms with Gasteiger partial charge in [0.15, 0.2) is 0 Å². The molecule has 0 saturated carbocycles. The molecule has 0 saturated heterocycles. The zero-order valence-corrected chi connectivity index (χ0v) is 10.5. The van der Waals surface area contributed by atoms with Crippen LogP contribution in [0.2, 0.25) is 0 Å². The van der Waals surface area contributed by atoms with Gasteiger partial charge in [-0.05, 0) is 11.6 Å². The number of hydrogen-bond donors (Lipinski definition) is 1. The van der Waals surface area contributed by atoms with Gasteiger partial charge in [-0.1, -0.05) is 36.4 Å². The van der Waals surface area contributed by atoms with Gasteiger partial charge in [0, 0.05) is 18.7 Å². The van der Waals surface area contributed by atoms with E-state index in [1.807, 2.05) is 30.3 Å². The van der Waals surface area contributed by atoms with E-state index in [9.17, 15) is 8.78 Å². The summed E-state index contributed by atoms with van der Waals surface area (Å²) in [7, 11) is 1.51. The summed E-state index contributed by atoms with van der Waals surface area (Å²) in [5.41, 5.74) is 7.13. The van der Waals surface area contributed by atoms with Gasteiger partial charge in [-0.2, -0.15) is 0 Å². The topological polar surface area (TPSA) is 35.2 Å². The van der Waals surface area contributed by atoms with Gasteiger partial charge in [0.05, 0.1) is 6.04 Å². The van der Waals surface area contributed by atoms with E-state index in [2.05, 4.69) is 0 Å². The first kappa shape index (κ1) is 13.6.